The maximum absolute atomic E-state index is 12.4. The van der Waals surface area contributed by atoms with Crippen molar-refractivity contribution in [3.05, 3.63) is 66.7 Å². The van der Waals surface area contributed by atoms with Crippen LogP contribution in [0.4, 0.5) is 0 Å². The zero-order valence-electron chi connectivity index (χ0n) is 20.9. The Kier molecular flexibility index (Phi) is 14.3. The van der Waals surface area contributed by atoms with Crippen molar-refractivity contribution in [1.82, 2.24) is 0 Å². The van der Waals surface area contributed by atoms with Gasteiger partial charge in [-0.1, -0.05) is 64.4 Å². The van der Waals surface area contributed by atoms with E-state index < -0.39 is 0 Å². The van der Waals surface area contributed by atoms with Crippen LogP contribution in [-0.4, -0.2) is 19.2 Å². The largest absolute Gasteiger partial charge is 0.494 e. The molecule has 2 aromatic carbocycles. The average Bonchev–Trinajstić information content (AvgIpc) is 2.86. The van der Waals surface area contributed by atoms with Crippen LogP contribution in [0.25, 0.3) is 0 Å². The van der Waals surface area contributed by atoms with Crippen LogP contribution in [-0.2, 0) is 0 Å². The van der Waals surface area contributed by atoms with Crippen LogP contribution in [0.2, 0.25) is 0 Å². The topological polar surface area (TPSA) is 44.8 Å². The Balaban J connectivity index is 1.61. The zero-order chi connectivity index (χ0) is 24.3. The molecule has 2 aromatic rings. The predicted octanol–water partition coefficient (Wildman–Crippen LogP) is 8.55. The van der Waals surface area contributed by atoms with Gasteiger partial charge in [-0.05, 0) is 74.2 Å². The van der Waals surface area contributed by atoms with Gasteiger partial charge in [0.1, 0.15) is 17.2 Å². The quantitative estimate of drug-likeness (QED) is 0.0900. The monoisotopic (exact) mass is 466 g/mol. The Labute approximate surface area is 206 Å². The van der Waals surface area contributed by atoms with E-state index in [0.717, 1.165) is 30.8 Å². The molecule has 0 aliphatic carbocycles. The van der Waals surface area contributed by atoms with Gasteiger partial charge >= 0.3 is 5.97 Å². The Morgan fingerprint density at radius 3 is 1.71 bits per heavy atom. The van der Waals surface area contributed by atoms with Crippen molar-refractivity contribution in [2.24, 2.45) is 0 Å². The highest BCUT2D eigenvalue weighted by atomic mass is 16.5. The lowest BCUT2D eigenvalue weighted by Gasteiger charge is -2.09. The molecule has 4 heteroatoms. The smallest absolute Gasteiger partial charge is 0.343 e. The van der Waals surface area contributed by atoms with Crippen LogP contribution in [0.1, 0.15) is 94.3 Å². The number of esters is 1. The van der Waals surface area contributed by atoms with Gasteiger partial charge in [0.15, 0.2) is 0 Å². The van der Waals surface area contributed by atoms with Crippen LogP contribution < -0.4 is 14.2 Å². The summed E-state index contributed by atoms with van der Waals surface area (Å²) in [7, 11) is 0. The van der Waals surface area contributed by atoms with E-state index in [1.165, 1.54) is 57.8 Å². The van der Waals surface area contributed by atoms with Crippen molar-refractivity contribution >= 4 is 5.97 Å². The van der Waals surface area contributed by atoms with E-state index in [2.05, 4.69) is 13.5 Å². The van der Waals surface area contributed by atoms with Crippen molar-refractivity contribution in [1.29, 1.82) is 0 Å². The molecular weight excluding hydrogens is 424 g/mol. The van der Waals surface area contributed by atoms with Crippen LogP contribution in [0, 0.1) is 0 Å². The third-order valence-electron chi connectivity index (χ3n) is 5.71. The van der Waals surface area contributed by atoms with Gasteiger partial charge in [0, 0.05) is 0 Å². The third-order valence-corrected chi connectivity index (χ3v) is 5.71. The summed E-state index contributed by atoms with van der Waals surface area (Å²) in [5.74, 6) is 1.69. The van der Waals surface area contributed by atoms with Gasteiger partial charge in [-0.15, -0.1) is 6.58 Å². The summed E-state index contributed by atoms with van der Waals surface area (Å²) < 4.78 is 17.0. The van der Waals surface area contributed by atoms with E-state index in [4.69, 9.17) is 14.2 Å². The summed E-state index contributed by atoms with van der Waals surface area (Å²) in [6.45, 7) is 7.37. The lowest BCUT2D eigenvalue weighted by Crippen LogP contribution is -2.08. The van der Waals surface area contributed by atoms with E-state index >= 15 is 0 Å². The summed E-state index contributed by atoms with van der Waals surface area (Å²) in [5, 5.41) is 0. The van der Waals surface area contributed by atoms with Gasteiger partial charge in [-0.2, -0.15) is 0 Å². The molecule has 0 spiro atoms. The second-order valence-corrected chi connectivity index (χ2v) is 8.70. The molecule has 0 fully saturated rings. The van der Waals surface area contributed by atoms with Gasteiger partial charge in [-0.3, -0.25) is 0 Å². The van der Waals surface area contributed by atoms with Crippen LogP contribution >= 0.6 is 0 Å². The number of benzene rings is 2. The number of hydrogen-bond donors (Lipinski definition) is 0. The molecule has 0 radical (unpaired) electrons. The minimum atomic E-state index is -0.382. The maximum atomic E-state index is 12.4. The molecule has 0 saturated heterocycles. The first kappa shape index (κ1) is 27.5. The maximum Gasteiger partial charge on any atom is 0.343 e. The highest BCUT2D eigenvalue weighted by molar-refractivity contribution is 5.91. The van der Waals surface area contributed by atoms with Crippen molar-refractivity contribution in [3.8, 4) is 17.2 Å². The Bertz CT molecular complexity index is 796. The lowest BCUT2D eigenvalue weighted by molar-refractivity contribution is 0.0734. The highest BCUT2D eigenvalue weighted by Crippen LogP contribution is 2.20. The summed E-state index contributed by atoms with van der Waals surface area (Å²) in [4.78, 5) is 12.4. The number of rotatable bonds is 19. The number of unbranched alkanes of at least 4 members (excludes halogenated alkanes) is 10. The Morgan fingerprint density at radius 2 is 1.15 bits per heavy atom. The van der Waals surface area contributed by atoms with E-state index in [0.29, 0.717) is 24.5 Å². The molecular formula is C30H42O4. The first-order chi connectivity index (χ1) is 16.7. The predicted molar refractivity (Wildman–Crippen MR) is 140 cm³/mol. The molecule has 0 bridgehead atoms. The summed E-state index contributed by atoms with van der Waals surface area (Å²) in [6.07, 6.45) is 16.5. The van der Waals surface area contributed by atoms with Gasteiger partial charge in [0.05, 0.1) is 18.8 Å². The van der Waals surface area contributed by atoms with E-state index in [1.54, 1.807) is 24.3 Å². The SMILES string of the molecule is C=CCCCCCCCCCOc1ccc(C(=O)Oc2ccc(OCCCCCC)cc2)cc1. The zero-order valence-corrected chi connectivity index (χ0v) is 20.9. The summed E-state index contributed by atoms with van der Waals surface area (Å²) in [6, 6.07) is 14.3. The molecule has 0 unspecified atom stereocenters. The molecule has 0 atom stereocenters. The van der Waals surface area contributed by atoms with Crippen molar-refractivity contribution in [3.63, 3.8) is 0 Å². The van der Waals surface area contributed by atoms with Crippen LogP contribution in [0.15, 0.2) is 61.2 Å². The third kappa shape index (κ3) is 11.9. The second-order valence-electron chi connectivity index (χ2n) is 8.70. The molecule has 0 N–H and O–H groups in total. The highest BCUT2D eigenvalue weighted by Gasteiger charge is 2.09. The average molecular weight is 467 g/mol. The van der Waals surface area contributed by atoms with E-state index in [9.17, 15) is 4.79 Å². The molecule has 186 valence electrons. The minimum absolute atomic E-state index is 0.382. The molecule has 0 aliphatic heterocycles. The number of hydrogen-bond acceptors (Lipinski definition) is 4. The summed E-state index contributed by atoms with van der Waals surface area (Å²) >= 11 is 0. The van der Waals surface area contributed by atoms with Gasteiger partial charge in [0.2, 0.25) is 0 Å². The normalized spacial score (nSPS) is 10.6. The number of ether oxygens (including phenoxy) is 3. The van der Waals surface area contributed by atoms with Gasteiger partial charge in [0.25, 0.3) is 0 Å². The molecule has 34 heavy (non-hydrogen) atoms. The van der Waals surface area contributed by atoms with Crippen LogP contribution in [0.5, 0.6) is 17.2 Å². The molecule has 4 nitrogen and oxygen atoms in total. The molecule has 0 aromatic heterocycles. The summed E-state index contributed by atoms with van der Waals surface area (Å²) in [5.41, 5.74) is 0.500. The fourth-order valence-corrected chi connectivity index (χ4v) is 3.64. The molecule has 0 heterocycles. The molecule has 0 aliphatic rings. The fraction of sp³-hybridized carbons (Fsp3) is 0.500. The molecule has 0 saturated carbocycles. The van der Waals surface area contributed by atoms with E-state index in [1.807, 2.05) is 30.3 Å². The number of carbonyl (C=O) groups is 1. The molecule has 2 rings (SSSR count). The van der Waals surface area contributed by atoms with Gasteiger partial charge < -0.3 is 14.2 Å². The van der Waals surface area contributed by atoms with Crippen molar-refractivity contribution in [2.45, 2.75) is 84.0 Å². The van der Waals surface area contributed by atoms with Crippen molar-refractivity contribution < 1.29 is 19.0 Å². The van der Waals surface area contributed by atoms with E-state index in [-0.39, 0.29) is 5.97 Å². The minimum Gasteiger partial charge on any atom is -0.494 e. The first-order valence-corrected chi connectivity index (χ1v) is 13.0. The van der Waals surface area contributed by atoms with Crippen LogP contribution in [0.3, 0.4) is 0 Å². The molecule has 0 amide bonds. The lowest BCUT2D eigenvalue weighted by atomic mass is 10.1. The standard InChI is InChI=1S/C30H42O4/c1-3-5-7-9-10-11-12-13-15-25-32-27-18-16-26(17-19-27)30(31)34-29-22-20-28(21-23-29)33-24-14-8-6-4-2/h3,16-23H,1,4-15,24-25H2,2H3. The van der Waals surface area contributed by atoms with Crippen molar-refractivity contribution in [2.75, 3.05) is 13.2 Å². The first-order valence-electron chi connectivity index (χ1n) is 13.0. The fourth-order valence-electron chi connectivity index (χ4n) is 3.64. The number of allylic oxidation sites excluding steroid dienone is 1. The second kappa shape index (κ2) is 17.7. The Hall–Kier alpha value is -2.75. The van der Waals surface area contributed by atoms with Gasteiger partial charge in [-0.25, -0.2) is 4.79 Å². The number of carbonyl (C=O) groups excluding carboxylic acids is 1. The Morgan fingerprint density at radius 1 is 0.676 bits per heavy atom.